The number of phenolic OH excluding ortho intramolecular Hbond substituents is 1. The van der Waals surface area contributed by atoms with E-state index in [1.807, 2.05) is 0 Å². The van der Waals surface area contributed by atoms with Gasteiger partial charge in [-0.1, -0.05) is 6.07 Å². The van der Waals surface area contributed by atoms with E-state index in [9.17, 15) is 19.8 Å². The molecule has 0 radical (unpaired) electrons. The first kappa shape index (κ1) is 15.7. The largest absolute Gasteiger partial charge is 0.508 e. The number of likely N-dealkylation sites (N-methyl/N-ethyl adjacent to an activating group) is 1. The molecular weight excluding hydrogens is 288 g/mol. The first-order valence-electron chi connectivity index (χ1n) is 6.86. The van der Waals surface area contributed by atoms with E-state index in [-0.39, 0.29) is 17.9 Å². The fourth-order valence-electron chi connectivity index (χ4n) is 2.02. The Morgan fingerprint density at radius 3 is 2.82 bits per heavy atom. The van der Waals surface area contributed by atoms with E-state index in [1.54, 1.807) is 18.2 Å². The number of aliphatic hydroxyl groups is 1. The second-order valence-corrected chi connectivity index (χ2v) is 4.94. The standard InChI is InChI=1S/C15H18N2O5/c1-17-9-12(13(19)15(17)21)14(20)16-6-3-7-22-11-5-2-4-10(18)8-11/h2,4-5,8,18-19H,3,6-7,9H2,1H3,(H,16,20). The number of nitrogens with zero attached hydrogens (tertiary/aromatic N) is 1. The number of aliphatic hydroxyl groups excluding tert-OH is 1. The van der Waals surface area contributed by atoms with Crippen molar-refractivity contribution >= 4 is 11.8 Å². The van der Waals surface area contributed by atoms with Crippen LogP contribution in [0.15, 0.2) is 35.6 Å². The van der Waals surface area contributed by atoms with Gasteiger partial charge in [0.15, 0.2) is 5.76 Å². The highest BCUT2D eigenvalue weighted by atomic mass is 16.5. The Morgan fingerprint density at radius 2 is 2.18 bits per heavy atom. The summed E-state index contributed by atoms with van der Waals surface area (Å²) in [6.45, 7) is 0.830. The molecule has 0 saturated heterocycles. The van der Waals surface area contributed by atoms with Crippen LogP contribution >= 0.6 is 0 Å². The van der Waals surface area contributed by atoms with E-state index in [4.69, 9.17) is 4.74 Å². The Morgan fingerprint density at radius 1 is 1.41 bits per heavy atom. The van der Waals surface area contributed by atoms with Crippen LogP contribution in [0.1, 0.15) is 6.42 Å². The third-order valence-corrected chi connectivity index (χ3v) is 3.20. The summed E-state index contributed by atoms with van der Waals surface area (Å²) in [5, 5.41) is 21.5. The highest BCUT2D eigenvalue weighted by Crippen LogP contribution is 2.17. The van der Waals surface area contributed by atoms with Gasteiger partial charge in [-0.05, 0) is 18.6 Å². The van der Waals surface area contributed by atoms with Crippen molar-refractivity contribution in [3.05, 3.63) is 35.6 Å². The molecule has 1 aliphatic heterocycles. The van der Waals surface area contributed by atoms with E-state index < -0.39 is 17.6 Å². The third-order valence-electron chi connectivity index (χ3n) is 3.20. The number of benzene rings is 1. The van der Waals surface area contributed by atoms with Crippen molar-refractivity contribution in [1.82, 2.24) is 10.2 Å². The number of hydrogen-bond acceptors (Lipinski definition) is 5. The molecule has 0 unspecified atom stereocenters. The summed E-state index contributed by atoms with van der Waals surface area (Å²) >= 11 is 0. The molecule has 118 valence electrons. The minimum absolute atomic E-state index is 0.0846. The summed E-state index contributed by atoms with van der Waals surface area (Å²) in [6, 6.07) is 6.45. The second kappa shape index (κ2) is 6.84. The fraction of sp³-hybridized carbons (Fsp3) is 0.333. The second-order valence-electron chi connectivity index (χ2n) is 4.94. The molecule has 0 fully saturated rings. The van der Waals surface area contributed by atoms with Gasteiger partial charge in [0, 0.05) is 19.7 Å². The Hall–Kier alpha value is -2.70. The molecule has 0 atom stereocenters. The van der Waals surface area contributed by atoms with Crippen LogP contribution in [-0.4, -0.2) is 53.7 Å². The summed E-state index contributed by atoms with van der Waals surface area (Å²) in [5.74, 6) is -0.807. The molecule has 1 aromatic carbocycles. The van der Waals surface area contributed by atoms with Crippen molar-refractivity contribution in [2.45, 2.75) is 6.42 Å². The predicted molar refractivity (Wildman–Crippen MR) is 78.5 cm³/mol. The van der Waals surface area contributed by atoms with Crippen molar-refractivity contribution in [1.29, 1.82) is 0 Å². The SMILES string of the molecule is CN1CC(C(=O)NCCCOc2cccc(O)c2)=C(O)C1=O. The van der Waals surface area contributed by atoms with Gasteiger partial charge in [-0.3, -0.25) is 9.59 Å². The van der Waals surface area contributed by atoms with E-state index in [0.717, 1.165) is 0 Å². The van der Waals surface area contributed by atoms with E-state index in [0.29, 0.717) is 25.3 Å². The summed E-state index contributed by atoms with van der Waals surface area (Å²) in [7, 11) is 1.52. The lowest BCUT2D eigenvalue weighted by Crippen LogP contribution is -2.29. The van der Waals surface area contributed by atoms with E-state index in [1.165, 1.54) is 18.0 Å². The van der Waals surface area contributed by atoms with Gasteiger partial charge in [0.25, 0.3) is 11.8 Å². The van der Waals surface area contributed by atoms with Crippen molar-refractivity contribution < 1.29 is 24.5 Å². The molecule has 22 heavy (non-hydrogen) atoms. The van der Waals surface area contributed by atoms with Crippen molar-refractivity contribution in [3.8, 4) is 11.5 Å². The van der Waals surface area contributed by atoms with Crippen LogP contribution in [0.3, 0.4) is 0 Å². The first-order chi connectivity index (χ1) is 10.5. The quantitative estimate of drug-likeness (QED) is 0.667. The molecule has 0 aliphatic carbocycles. The maximum absolute atomic E-state index is 11.8. The number of phenols is 1. The van der Waals surface area contributed by atoms with Gasteiger partial charge in [-0.2, -0.15) is 0 Å². The number of hydrogen-bond donors (Lipinski definition) is 3. The molecule has 1 aliphatic rings. The molecule has 2 rings (SSSR count). The molecule has 7 nitrogen and oxygen atoms in total. The Labute approximate surface area is 127 Å². The molecule has 1 aromatic rings. The monoisotopic (exact) mass is 306 g/mol. The van der Waals surface area contributed by atoms with E-state index >= 15 is 0 Å². The number of ether oxygens (including phenoxy) is 1. The fourth-order valence-corrected chi connectivity index (χ4v) is 2.02. The summed E-state index contributed by atoms with van der Waals surface area (Å²) in [5.41, 5.74) is 0.0846. The maximum atomic E-state index is 11.8. The topological polar surface area (TPSA) is 99.1 Å². The van der Waals surface area contributed by atoms with Crippen LogP contribution in [0.2, 0.25) is 0 Å². The van der Waals surface area contributed by atoms with Gasteiger partial charge in [0.2, 0.25) is 0 Å². The van der Waals surface area contributed by atoms with Gasteiger partial charge in [0.1, 0.15) is 11.5 Å². The van der Waals surface area contributed by atoms with Crippen molar-refractivity contribution in [2.75, 3.05) is 26.7 Å². The Bertz CT molecular complexity index is 612. The number of carbonyl (C=O) groups excluding carboxylic acids is 2. The van der Waals surface area contributed by atoms with Gasteiger partial charge in [0.05, 0.1) is 18.7 Å². The van der Waals surface area contributed by atoms with Crippen LogP contribution in [0, 0.1) is 0 Å². The van der Waals surface area contributed by atoms with Crippen LogP contribution in [-0.2, 0) is 9.59 Å². The van der Waals surface area contributed by atoms with Gasteiger partial charge in [-0.25, -0.2) is 0 Å². The predicted octanol–water partition coefficient (Wildman–Crippen LogP) is 0.561. The molecule has 1 heterocycles. The van der Waals surface area contributed by atoms with Crippen LogP contribution < -0.4 is 10.1 Å². The van der Waals surface area contributed by atoms with E-state index in [2.05, 4.69) is 5.32 Å². The maximum Gasteiger partial charge on any atom is 0.289 e. The lowest BCUT2D eigenvalue weighted by Gasteiger charge is -2.09. The molecular formula is C15H18N2O5. The normalized spacial score (nSPS) is 14.4. The lowest BCUT2D eigenvalue weighted by molar-refractivity contribution is -0.126. The molecule has 7 heteroatoms. The molecule has 0 bridgehead atoms. The smallest absolute Gasteiger partial charge is 0.289 e. The minimum atomic E-state index is -0.544. The number of aromatic hydroxyl groups is 1. The lowest BCUT2D eigenvalue weighted by atomic mass is 10.2. The van der Waals surface area contributed by atoms with Crippen molar-refractivity contribution in [2.24, 2.45) is 0 Å². The number of carbonyl (C=O) groups is 2. The van der Waals surface area contributed by atoms with Crippen molar-refractivity contribution in [3.63, 3.8) is 0 Å². The number of rotatable bonds is 6. The number of amides is 2. The molecule has 3 N–H and O–H groups in total. The zero-order valence-corrected chi connectivity index (χ0v) is 12.2. The van der Waals surface area contributed by atoms with Gasteiger partial charge >= 0.3 is 0 Å². The molecule has 2 amide bonds. The summed E-state index contributed by atoms with van der Waals surface area (Å²) in [6.07, 6.45) is 0.555. The third kappa shape index (κ3) is 3.69. The Kier molecular flexibility index (Phi) is 4.88. The Balaban J connectivity index is 1.71. The van der Waals surface area contributed by atoms with Crippen LogP contribution in [0.4, 0.5) is 0 Å². The number of nitrogens with one attached hydrogen (secondary N) is 1. The molecule has 0 saturated carbocycles. The van der Waals surface area contributed by atoms with Crippen LogP contribution in [0.5, 0.6) is 11.5 Å². The van der Waals surface area contributed by atoms with Gasteiger partial charge < -0.3 is 25.2 Å². The highest BCUT2D eigenvalue weighted by molar-refractivity contribution is 6.06. The highest BCUT2D eigenvalue weighted by Gasteiger charge is 2.31. The molecule has 0 spiro atoms. The van der Waals surface area contributed by atoms with Gasteiger partial charge in [-0.15, -0.1) is 0 Å². The minimum Gasteiger partial charge on any atom is -0.508 e. The summed E-state index contributed by atoms with van der Waals surface area (Å²) < 4.78 is 5.41. The zero-order chi connectivity index (χ0) is 16.1. The summed E-state index contributed by atoms with van der Waals surface area (Å²) in [4.78, 5) is 24.5. The van der Waals surface area contributed by atoms with Crippen LogP contribution in [0.25, 0.3) is 0 Å². The average Bonchev–Trinajstić information content (AvgIpc) is 2.74. The molecule has 0 aromatic heterocycles. The first-order valence-corrected chi connectivity index (χ1v) is 6.86. The average molecular weight is 306 g/mol. The zero-order valence-electron chi connectivity index (χ0n) is 12.2.